The van der Waals surface area contributed by atoms with Gasteiger partial charge < -0.3 is 10.4 Å². The lowest BCUT2D eigenvalue weighted by Crippen LogP contribution is -2.32. The third-order valence-electron chi connectivity index (χ3n) is 4.22. The molecule has 2 unspecified atom stereocenters. The zero-order valence-electron chi connectivity index (χ0n) is 12.0. The summed E-state index contributed by atoms with van der Waals surface area (Å²) in [5, 5.41) is 23.6. The van der Waals surface area contributed by atoms with Gasteiger partial charge in [0.05, 0.1) is 4.92 Å². The maximum atomic E-state index is 11.2. The van der Waals surface area contributed by atoms with Crippen LogP contribution < -0.4 is 5.32 Å². The van der Waals surface area contributed by atoms with Gasteiger partial charge in [-0.15, -0.1) is 0 Å². The van der Waals surface area contributed by atoms with Crippen LogP contribution in [0.15, 0.2) is 18.2 Å². The van der Waals surface area contributed by atoms with E-state index in [0.29, 0.717) is 11.6 Å². The lowest BCUT2D eigenvalue weighted by Gasteiger charge is -2.32. The Morgan fingerprint density at radius 2 is 2.14 bits per heavy atom. The van der Waals surface area contributed by atoms with Crippen molar-refractivity contribution in [3.8, 4) is 0 Å². The molecule has 1 aromatic carbocycles. The van der Waals surface area contributed by atoms with Gasteiger partial charge in [0, 0.05) is 6.04 Å². The van der Waals surface area contributed by atoms with E-state index in [1.54, 1.807) is 12.1 Å². The van der Waals surface area contributed by atoms with Crippen molar-refractivity contribution in [1.82, 2.24) is 0 Å². The third kappa shape index (κ3) is 3.32. The van der Waals surface area contributed by atoms with Crippen molar-refractivity contribution in [3.63, 3.8) is 0 Å². The zero-order chi connectivity index (χ0) is 15.4. The first-order valence-electron chi connectivity index (χ1n) is 7.31. The summed E-state index contributed by atoms with van der Waals surface area (Å²) in [6, 6.07) is 4.57. The smallest absolute Gasteiger partial charge is 0.342 e. The second-order valence-electron chi connectivity index (χ2n) is 5.47. The number of carbonyl (C=O) groups is 1. The fourth-order valence-electron chi connectivity index (χ4n) is 3.12. The van der Waals surface area contributed by atoms with Crippen molar-refractivity contribution in [2.24, 2.45) is 5.92 Å². The molecule has 0 bridgehead atoms. The molecule has 0 amide bonds. The number of nitro groups is 1. The highest BCUT2D eigenvalue weighted by atomic mass is 16.6. The van der Waals surface area contributed by atoms with E-state index in [0.717, 1.165) is 25.7 Å². The number of rotatable bonds is 5. The quantitative estimate of drug-likeness (QED) is 0.638. The summed E-state index contributed by atoms with van der Waals surface area (Å²) in [7, 11) is 0. The Bertz CT molecular complexity index is 544. The van der Waals surface area contributed by atoms with Crippen molar-refractivity contribution < 1.29 is 14.8 Å². The zero-order valence-corrected chi connectivity index (χ0v) is 12.0. The average Bonchev–Trinajstić information content (AvgIpc) is 2.47. The highest BCUT2D eigenvalue weighted by molar-refractivity contribution is 5.95. The van der Waals surface area contributed by atoms with Gasteiger partial charge in [-0.05, 0) is 30.9 Å². The normalized spacial score (nSPS) is 21.8. The second kappa shape index (κ2) is 6.56. The molecule has 1 aromatic rings. The number of hydrogen-bond donors (Lipinski definition) is 2. The van der Waals surface area contributed by atoms with Gasteiger partial charge in [0.2, 0.25) is 0 Å². The summed E-state index contributed by atoms with van der Waals surface area (Å²) in [4.78, 5) is 21.8. The monoisotopic (exact) mass is 292 g/mol. The summed E-state index contributed by atoms with van der Waals surface area (Å²) >= 11 is 0. The standard InChI is InChI=1S/C15H20N2O4/c1-2-10-6-3-4-8-12(10)16-13-9-5-7-11(15(18)19)14(13)17(20)21/h5,7,9-10,12,16H,2-4,6,8H2,1H3,(H,18,19). The van der Waals surface area contributed by atoms with Crippen molar-refractivity contribution in [1.29, 1.82) is 0 Å². The molecule has 1 aliphatic carbocycles. The summed E-state index contributed by atoms with van der Waals surface area (Å²) in [5.41, 5.74) is -0.301. The van der Waals surface area contributed by atoms with Crippen LogP contribution >= 0.6 is 0 Å². The molecule has 2 N–H and O–H groups in total. The predicted molar refractivity (Wildman–Crippen MR) is 79.7 cm³/mol. The molecule has 6 nitrogen and oxygen atoms in total. The number of hydrogen-bond acceptors (Lipinski definition) is 4. The molecule has 1 fully saturated rings. The van der Waals surface area contributed by atoms with Crippen LogP contribution in [-0.2, 0) is 0 Å². The Balaban J connectivity index is 2.32. The Morgan fingerprint density at radius 1 is 1.43 bits per heavy atom. The van der Waals surface area contributed by atoms with E-state index < -0.39 is 10.9 Å². The molecule has 6 heteroatoms. The fraction of sp³-hybridized carbons (Fsp3) is 0.533. The third-order valence-corrected chi connectivity index (χ3v) is 4.22. The largest absolute Gasteiger partial charge is 0.477 e. The van der Waals surface area contributed by atoms with Crippen molar-refractivity contribution in [3.05, 3.63) is 33.9 Å². The summed E-state index contributed by atoms with van der Waals surface area (Å²) in [5.74, 6) is -0.798. The SMILES string of the molecule is CCC1CCCCC1Nc1cccc(C(=O)O)c1[N+](=O)[O-]. The highest BCUT2D eigenvalue weighted by Crippen LogP contribution is 2.34. The molecule has 0 radical (unpaired) electrons. The number of carboxylic acids is 1. The number of nitro benzene ring substituents is 1. The second-order valence-corrected chi connectivity index (χ2v) is 5.47. The maximum Gasteiger partial charge on any atom is 0.342 e. The molecule has 1 saturated carbocycles. The molecule has 2 rings (SSSR count). The summed E-state index contributed by atoms with van der Waals surface area (Å²) < 4.78 is 0. The fourth-order valence-corrected chi connectivity index (χ4v) is 3.12. The van der Waals surface area contributed by atoms with E-state index in [4.69, 9.17) is 5.11 Å². The van der Waals surface area contributed by atoms with E-state index >= 15 is 0 Å². The number of benzene rings is 1. The first-order valence-corrected chi connectivity index (χ1v) is 7.31. The number of anilines is 1. The molecule has 0 heterocycles. The number of nitrogens with zero attached hydrogens (tertiary/aromatic N) is 1. The van der Waals surface area contributed by atoms with Gasteiger partial charge >= 0.3 is 11.7 Å². The van der Waals surface area contributed by atoms with Gasteiger partial charge in [0.15, 0.2) is 0 Å². The highest BCUT2D eigenvalue weighted by Gasteiger charge is 2.29. The first kappa shape index (κ1) is 15.3. The molecular formula is C15H20N2O4. The molecule has 114 valence electrons. The predicted octanol–water partition coefficient (Wildman–Crippen LogP) is 3.67. The number of para-hydroxylation sites is 1. The Kier molecular flexibility index (Phi) is 4.77. The van der Waals surface area contributed by atoms with Crippen LogP contribution in [0.4, 0.5) is 11.4 Å². The molecule has 21 heavy (non-hydrogen) atoms. The number of nitrogens with one attached hydrogen (secondary N) is 1. The van der Waals surface area contributed by atoms with Gasteiger partial charge in [-0.1, -0.05) is 32.3 Å². The molecule has 0 saturated heterocycles. The molecule has 0 aromatic heterocycles. The maximum absolute atomic E-state index is 11.2. The lowest BCUT2D eigenvalue weighted by molar-refractivity contribution is -0.384. The average molecular weight is 292 g/mol. The van der Waals surface area contributed by atoms with Crippen LogP contribution in [0.1, 0.15) is 49.4 Å². The van der Waals surface area contributed by atoms with Gasteiger partial charge in [0.25, 0.3) is 0 Å². The van der Waals surface area contributed by atoms with Crippen molar-refractivity contribution in [2.45, 2.75) is 45.1 Å². The van der Waals surface area contributed by atoms with E-state index in [9.17, 15) is 14.9 Å². The summed E-state index contributed by atoms with van der Waals surface area (Å²) in [6.45, 7) is 2.12. The minimum atomic E-state index is -1.28. The van der Waals surface area contributed by atoms with Crippen LogP contribution in [0.25, 0.3) is 0 Å². The molecular weight excluding hydrogens is 272 g/mol. The van der Waals surface area contributed by atoms with E-state index in [2.05, 4.69) is 12.2 Å². The first-order chi connectivity index (χ1) is 10.0. The van der Waals surface area contributed by atoms with Crippen LogP contribution in [0.5, 0.6) is 0 Å². The summed E-state index contributed by atoms with van der Waals surface area (Å²) in [6.07, 6.45) is 5.38. The van der Waals surface area contributed by atoms with E-state index in [1.165, 1.54) is 12.5 Å². The Labute approximate surface area is 123 Å². The minimum absolute atomic E-state index is 0.173. The van der Waals surface area contributed by atoms with Gasteiger partial charge in [-0.25, -0.2) is 4.79 Å². The molecule has 1 aliphatic rings. The molecule has 2 atom stereocenters. The van der Waals surface area contributed by atoms with Gasteiger partial charge in [0.1, 0.15) is 11.3 Å². The van der Waals surface area contributed by atoms with Crippen LogP contribution in [0, 0.1) is 16.0 Å². The number of carboxylic acid groups (broad SMARTS) is 1. The van der Waals surface area contributed by atoms with Crippen LogP contribution in [-0.4, -0.2) is 22.0 Å². The minimum Gasteiger partial charge on any atom is -0.477 e. The van der Waals surface area contributed by atoms with Crippen molar-refractivity contribution in [2.75, 3.05) is 5.32 Å². The van der Waals surface area contributed by atoms with Crippen LogP contribution in [0.2, 0.25) is 0 Å². The van der Waals surface area contributed by atoms with Gasteiger partial charge in [-0.3, -0.25) is 10.1 Å². The van der Waals surface area contributed by atoms with E-state index in [1.807, 2.05) is 0 Å². The molecule has 0 aliphatic heterocycles. The van der Waals surface area contributed by atoms with Crippen molar-refractivity contribution >= 4 is 17.3 Å². The number of aromatic carboxylic acids is 1. The Morgan fingerprint density at radius 3 is 2.76 bits per heavy atom. The topological polar surface area (TPSA) is 92.5 Å². The van der Waals surface area contributed by atoms with E-state index in [-0.39, 0.29) is 17.3 Å². The lowest BCUT2D eigenvalue weighted by atomic mass is 9.82. The molecule has 0 spiro atoms. The van der Waals surface area contributed by atoms with Crippen LogP contribution in [0.3, 0.4) is 0 Å². The van der Waals surface area contributed by atoms with Gasteiger partial charge in [-0.2, -0.15) is 0 Å². The Hall–Kier alpha value is -2.11.